The van der Waals surface area contributed by atoms with E-state index in [4.69, 9.17) is 10.2 Å². The molecule has 0 radical (unpaired) electrons. The van der Waals surface area contributed by atoms with E-state index >= 15 is 0 Å². The van der Waals surface area contributed by atoms with E-state index < -0.39 is 0 Å². The van der Waals surface area contributed by atoms with E-state index in [-0.39, 0.29) is 5.91 Å². The van der Waals surface area contributed by atoms with Crippen molar-refractivity contribution in [1.82, 2.24) is 10.3 Å². The van der Waals surface area contributed by atoms with Crippen molar-refractivity contribution in [2.45, 2.75) is 20.4 Å². The van der Waals surface area contributed by atoms with Crippen molar-refractivity contribution in [3.63, 3.8) is 0 Å². The molecule has 1 amide bonds. The van der Waals surface area contributed by atoms with Crippen LogP contribution in [0.25, 0.3) is 0 Å². The number of nitrogens with one attached hydrogen (secondary N) is 2. The molecule has 1 heterocycles. The van der Waals surface area contributed by atoms with Gasteiger partial charge >= 0.3 is 0 Å². The van der Waals surface area contributed by atoms with Gasteiger partial charge in [0.1, 0.15) is 5.76 Å². The molecule has 106 valence electrons. The van der Waals surface area contributed by atoms with Crippen LogP contribution in [-0.2, 0) is 6.54 Å². The summed E-state index contributed by atoms with van der Waals surface area (Å²) in [6, 6.07) is 5.08. The number of anilines is 2. The van der Waals surface area contributed by atoms with Crippen LogP contribution < -0.4 is 16.4 Å². The van der Waals surface area contributed by atoms with Crippen LogP contribution in [0.3, 0.4) is 0 Å². The van der Waals surface area contributed by atoms with Crippen molar-refractivity contribution in [2.24, 2.45) is 0 Å². The Morgan fingerprint density at radius 1 is 1.40 bits per heavy atom. The lowest BCUT2D eigenvalue weighted by Gasteiger charge is -2.09. The minimum absolute atomic E-state index is 0.157. The number of amides is 1. The van der Waals surface area contributed by atoms with E-state index in [9.17, 15) is 4.79 Å². The van der Waals surface area contributed by atoms with Gasteiger partial charge in [-0.2, -0.15) is 0 Å². The SMILES string of the molecule is CNC(=O)c1ccc(N)c(NCc2nc(C)c(C)o2)c1. The van der Waals surface area contributed by atoms with Gasteiger partial charge in [-0.3, -0.25) is 4.79 Å². The fourth-order valence-electron chi connectivity index (χ4n) is 1.78. The molecule has 20 heavy (non-hydrogen) atoms. The second-order valence-corrected chi connectivity index (χ2v) is 4.48. The maximum Gasteiger partial charge on any atom is 0.251 e. The largest absolute Gasteiger partial charge is 0.444 e. The number of aryl methyl sites for hydroxylation is 2. The average Bonchev–Trinajstić information content (AvgIpc) is 2.76. The number of oxazole rings is 1. The molecule has 1 aromatic heterocycles. The van der Waals surface area contributed by atoms with Gasteiger partial charge in [-0.25, -0.2) is 4.98 Å². The highest BCUT2D eigenvalue weighted by molar-refractivity contribution is 5.96. The second kappa shape index (κ2) is 5.64. The summed E-state index contributed by atoms with van der Waals surface area (Å²) in [5.74, 6) is 1.23. The van der Waals surface area contributed by atoms with Crippen LogP contribution in [0.4, 0.5) is 11.4 Å². The smallest absolute Gasteiger partial charge is 0.251 e. The molecule has 0 bridgehead atoms. The van der Waals surface area contributed by atoms with Crippen LogP contribution in [0.2, 0.25) is 0 Å². The number of carbonyl (C=O) groups excluding carboxylic acids is 1. The number of hydrogen-bond acceptors (Lipinski definition) is 5. The molecule has 1 aromatic carbocycles. The van der Waals surface area contributed by atoms with Gasteiger partial charge in [0, 0.05) is 12.6 Å². The van der Waals surface area contributed by atoms with Crippen LogP contribution in [0.5, 0.6) is 0 Å². The lowest BCUT2D eigenvalue weighted by Crippen LogP contribution is -2.18. The van der Waals surface area contributed by atoms with Gasteiger partial charge in [-0.15, -0.1) is 0 Å². The van der Waals surface area contributed by atoms with Crippen LogP contribution in [0.1, 0.15) is 27.7 Å². The highest BCUT2D eigenvalue weighted by atomic mass is 16.4. The number of carbonyl (C=O) groups is 1. The molecule has 4 N–H and O–H groups in total. The third kappa shape index (κ3) is 2.90. The lowest BCUT2D eigenvalue weighted by atomic mass is 10.1. The number of nitrogen functional groups attached to an aromatic ring is 1. The maximum atomic E-state index is 11.6. The minimum atomic E-state index is -0.157. The molecule has 0 spiro atoms. The first-order valence-corrected chi connectivity index (χ1v) is 6.29. The summed E-state index contributed by atoms with van der Waals surface area (Å²) in [4.78, 5) is 15.9. The van der Waals surface area contributed by atoms with Gasteiger partial charge in [0.25, 0.3) is 5.91 Å². The van der Waals surface area contributed by atoms with Gasteiger partial charge in [0.15, 0.2) is 0 Å². The van der Waals surface area contributed by atoms with E-state index in [1.54, 1.807) is 25.2 Å². The van der Waals surface area contributed by atoms with E-state index in [1.807, 2.05) is 13.8 Å². The fraction of sp³-hybridized carbons (Fsp3) is 0.286. The van der Waals surface area contributed by atoms with Gasteiger partial charge in [-0.05, 0) is 32.0 Å². The van der Waals surface area contributed by atoms with Crippen LogP contribution >= 0.6 is 0 Å². The zero-order chi connectivity index (χ0) is 14.7. The molecule has 0 fully saturated rings. The van der Waals surface area contributed by atoms with Crippen molar-refractivity contribution in [3.05, 3.63) is 41.1 Å². The van der Waals surface area contributed by atoms with E-state index in [0.29, 0.717) is 29.4 Å². The van der Waals surface area contributed by atoms with Crippen molar-refractivity contribution < 1.29 is 9.21 Å². The molecule has 0 aliphatic carbocycles. The van der Waals surface area contributed by atoms with Gasteiger partial charge in [0.2, 0.25) is 5.89 Å². The van der Waals surface area contributed by atoms with Gasteiger partial charge < -0.3 is 20.8 Å². The third-order valence-electron chi connectivity index (χ3n) is 3.05. The topological polar surface area (TPSA) is 93.2 Å². The zero-order valence-electron chi connectivity index (χ0n) is 11.8. The van der Waals surface area contributed by atoms with Crippen LogP contribution in [0, 0.1) is 13.8 Å². The maximum absolute atomic E-state index is 11.6. The summed E-state index contributed by atoms with van der Waals surface area (Å²) in [5, 5.41) is 5.70. The van der Waals surface area contributed by atoms with Crippen LogP contribution in [0.15, 0.2) is 22.6 Å². The summed E-state index contributed by atoms with van der Waals surface area (Å²) in [6.07, 6.45) is 0. The zero-order valence-corrected chi connectivity index (χ0v) is 11.8. The van der Waals surface area contributed by atoms with Crippen molar-refractivity contribution >= 4 is 17.3 Å². The Balaban J connectivity index is 2.14. The Morgan fingerprint density at radius 3 is 2.75 bits per heavy atom. The molecule has 0 aliphatic rings. The fourth-order valence-corrected chi connectivity index (χ4v) is 1.78. The Hall–Kier alpha value is -2.50. The number of aromatic nitrogens is 1. The average molecular weight is 274 g/mol. The molecule has 0 aliphatic heterocycles. The lowest BCUT2D eigenvalue weighted by molar-refractivity contribution is 0.0963. The molecular weight excluding hydrogens is 256 g/mol. The Kier molecular flexibility index (Phi) is 3.93. The Bertz CT molecular complexity index is 615. The Morgan fingerprint density at radius 2 is 2.15 bits per heavy atom. The van der Waals surface area contributed by atoms with Gasteiger partial charge in [-0.1, -0.05) is 0 Å². The first-order chi connectivity index (χ1) is 9.51. The summed E-state index contributed by atoms with van der Waals surface area (Å²) in [6.45, 7) is 4.17. The van der Waals surface area contributed by atoms with Crippen molar-refractivity contribution in [3.8, 4) is 0 Å². The molecule has 2 rings (SSSR count). The molecular formula is C14H18N4O2. The van der Waals surface area contributed by atoms with Gasteiger partial charge in [0.05, 0.1) is 23.6 Å². The van der Waals surface area contributed by atoms with Crippen molar-refractivity contribution in [2.75, 3.05) is 18.1 Å². The normalized spacial score (nSPS) is 10.3. The van der Waals surface area contributed by atoms with E-state index in [1.165, 1.54) is 0 Å². The molecule has 6 heteroatoms. The van der Waals surface area contributed by atoms with Crippen molar-refractivity contribution in [1.29, 1.82) is 0 Å². The summed E-state index contributed by atoms with van der Waals surface area (Å²) < 4.78 is 5.48. The second-order valence-electron chi connectivity index (χ2n) is 4.48. The highest BCUT2D eigenvalue weighted by Gasteiger charge is 2.09. The standard InChI is InChI=1S/C14H18N4O2/c1-8-9(2)20-13(18-8)7-17-12-6-10(14(19)16-3)4-5-11(12)15/h4-6,17H,7,15H2,1-3H3,(H,16,19). The highest BCUT2D eigenvalue weighted by Crippen LogP contribution is 2.21. The summed E-state index contributed by atoms with van der Waals surface area (Å²) in [5.41, 5.74) is 8.55. The van der Waals surface area contributed by atoms with E-state index in [0.717, 1.165) is 11.5 Å². The Labute approximate surface area is 117 Å². The minimum Gasteiger partial charge on any atom is -0.444 e. The molecule has 0 unspecified atom stereocenters. The summed E-state index contributed by atoms with van der Waals surface area (Å²) in [7, 11) is 1.59. The number of rotatable bonds is 4. The molecule has 0 atom stereocenters. The van der Waals surface area contributed by atoms with E-state index in [2.05, 4.69) is 15.6 Å². The first kappa shape index (κ1) is 13.9. The molecule has 6 nitrogen and oxygen atoms in total. The molecule has 2 aromatic rings. The quantitative estimate of drug-likeness (QED) is 0.740. The third-order valence-corrected chi connectivity index (χ3v) is 3.05. The monoisotopic (exact) mass is 274 g/mol. The number of hydrogen-bond donors (Lipinski definition) is 3. The first-order valence-electron chi connectivity index (χ1n) is 6.29. The number of benzene rings is 1. The molecule has 0 saturated carbocycles. The molecule has 0 saturated heterocycles. The predicted molar refractivity (Wildman–Crippen MR) is 77.5 cm³/mol. The number of nitrogens with zero attached hydrogens (tertiary/aromatic N) is 1. The summed E-state index contributed by atoms with van der Waals surface area (Å²) >= 11 is 0. The predicted octanol–water partition coefficient (Wildman–Crippen LogP) is 1.85. The van der Waals surface area contributed by atoms with Crippen LogP contribution in [-0.4, -0.2) is 17.9 Å². The number of nitrogens with two attached hydrogens (primary N) is 1.